The molecule has 0 spiro atoms. The minimum absolute atomic E-state index is 0.00266. The average Bonchev–Trinajstić information content (AvgIpc) is 3.10. The molecule has 124 valence electrons. The first-order valence-electron chi connectivity index (χ1n) is 7.49. The summed E-state index contributed by atoms with van der Waals surface area (Å²) in [6, 6.07) is 8.75. The first kappa shape index (κ1) is 16.0. The zero-order valence-electron chi connectivity index (χ0n) is 12.9. The number of ether oxygens (including phenoxy) is 1. The lowest BCUT2D eigenvalue weighted by Gasteiger charge is -2.27. The molecule has 23 heavy (non-hydrogen) atoms. The second kappa shape index (κ2) is 6.33. The maximum Gasteiger partial charge on any atom is 0.289 e. The highest BCUT2D eigenvalue weighted by Gasteiger charge is 2.35. The molecule has 1 aromatic heterocycles. The van der Waals surface area contributed by atoms with Gasteiger partial charge in [0.2, 0.25) is 0 Å². The van der Waals surface area contributed by atoms with Gasteiger partial charge in [-0.2, -0.15) is 0 Å². The maximum absolute atomic E-state index is 12.8. The zero-order valence-corrected chi connectivity index (χ0v) is 13.7. The summed E-state index contributed by atoms with van der Waals surface area (Å²) in [6.45, 7) is 0.690. The van der Waals surface area contributed by atoms with Crippen LogP contribution in [-0.2, 0) is 14.6 Å². The topological polar surface area (TPSA) is 76.8 Å². The van der Waals surface area contributed by atoms with E-state index in [1.165, 1.54) is 0 Å². The van der Waals surface area contributed by atoms with E-state index in [-0.39, 0.29) is 29.2 Å². The number of para-hydroxylation sites is 1. The van der Waals surface area contributed by atoms with Gasteiger partial charge in [0.25, 0.3) is 5.91 Å². The highest BCUT2D eigenvalue weighted by molar-refractivity contribution is 7.91. The minimum Gasteiger partial charge on any atom is -0.451 e. The standard InChI is InChI=1S/C16H19NO5S/c1-21-8-7-17(13-6-9-23(19,20)11-13)16(18)15-10-12-4-2-3-5-14(12)22-15/h2-5,10,13H,6-9,11H2,1H3/t13-/m0/s1. The molecular weight excluding hydrogens is 318 g/mol. The van der Waals surface area contributed by atoms with E-state index in [0.29, 0.717) is 25.2 Å². The zero-order chi connectivity index (χ0) is 16.4. The van der Waals surface area contributed by atoms with Gasteiger partial charge in [0.05, 0.1) is 18.1 Å². The van der Waals surface area contributed by atoms with Gasteiger partial charge in [-0.05, 0) is 18.6 Å². The molecule has 0 unspecified atom stereocenters. The predicted octanol–water partition coefficient (Wildman–Crippen LogP) is 1.71. The molecule has 0 bridgehead atoms. The fourth-order valence-corrected chi connectivity index (χ4v) is 4.62. The largest absolute Gasteiger partial charge is 0.451 e. The van der Waals surface area contributed by atoms with Gasteiger partial charge < -0.3 is 14.1 Å². The third-order valence-corrected chi connectivity index (χ3v) is 5.83. The first-order valence-corrected chi connectivity index (χ1v) is 9.31. The van der Waals surface area contributed by atoms with Gasteiger partial charge in [-0.1, -0.05) is 18.2 Å². The normalized spacial score (nSPS) is 20.0. The predicted molar refractivity (Wildman–Crippen MR) is 86.2 cm³/mol. The Balaban J connectivity index is 1.87. The van der Waals surface area contributed by atoms with Crippen LogP contribution in [-0.4, -0.2) is 57.0 Å². The summed E-state index contributed by atoms with van der Waals surface area (Å²) in [5.74, 6) is 0.0593. The van der Waals surface area contributed by atoms with Crippen molar-refractivity contribution < 1.29 is 22.4 Å². The number of methoxy groups -OCH3 is 1. The van der Waals surface area contributed by atoms with E-state index in [4.69, 9.17) is 9.15 Å². The van der Waals surface area contributed by atoms with Crippen molar-refractivity contribution >= 4 is 26.7 Å². The Morgan fingerprint density at radius 2 is 2.17 bits per heavy atom. The van der Waals surface area contributed by atoms with Crippen molar-refractivity contribution in [2.24, 2.45) is 0 Å². The number of carbonyl (C=O) groups excluding carboxylic acids is 1. The molecule has 1 aliphatic heterocycles. The smallest absolute Gasteiger partial charge is 0.289 e. The van der Waals surface area contributed by atoms with Crippen molar-refractivity contribution in [2.45, 2.75) is 12.5 Å². The summed E-state index contributed by atoms with van der Waals surface area (Å²) in [5, 5.41) is 0.849. The van der Waals surface area contributed by atoms with E-state index in [1.54, 1.807) is 24.1 Å². The fourth-order valence-electron chi connectivity index (χ4n) is 2.89. The number of rotatable bonds is 5. The molecule has 1 saturated heterocycles. The van der Waals surface area contributed by atoms with Crippen molar-refractivity contribution in [2.75, 3.05) is 31.8 Å². The summed E-state index contributed by atoms with van der Waals surface area (Å²) in [7, 11) is -1.52. The molecule has 1 fully saturated rings. The Hall–Kier alpha value is -1.86. The van der Waals surface area contributed by atoms with Gasteiger partial charge in [-0.3, -0.25) is 4.79 Å². The van der Waals surface area contributed by atoms with Crippen molar-refractivity contribution in [1.29, 1.82) is 0 Å². The highest BCUT2D eigenvalue weighted by atomic mass is 32.2. The van der Waals surface area contributed by atoms with E-state index in [2.05, 4.69) is 0 Å². The minimum atomic E-state index is -3.07. The van der Waals surface area contributed by atoms with Crippen LogP contribution in [0.5, 0.6) is 0 Å². The molecule has 1 amide bonds. The van der Waals surface area contributed by atoms with Gasteiger partial charge in [0.1, 0.15) is 5.58 Å². The summed E-state index contributed by atoms with van der Waals surface area (Å²) < 4.78 is 34.1. The van der Waals surface area contributed by atoms with Gasteiger partial charge in [-0.25, -0.2) is 8.42 Å². The van der Waals surface area contributed by atoms with Crippen molar-refractivity contribution in [3.63, 3.8) is 0 Å². The number of benzene rings is 1. The van der Waals surface area contributed by atoms with Crippen LogP contribution >= 0.6 is 0 Å². The highest BCUT2D eigenvalue weighted by Crippen LogP contribution is 2.24. The molecule has 2 heterocycles. The van der Waals surface area contributed by atoms with E-state index >= 15 is 0 Å². The van der Waals surface area contributed by atoms with Crippen LogP contribution in [0.4, 0.5) is 0 Å². The first-order chi connectivity index (χ1) is 11.0. The molecule has 1 aliphatic rings. The lowest BCUT2D eigenvalue weighted by Crippen LogP contribution is -2.42. The Kier molecular flexibility index (Phi) is 4.41. The third-order valence-electron chi connectivity index (χ3n) is 4.08. The fraction of sp³-hybridized carbons (Fsp3) is 0.438. The van der Waals surface area contributed by atoms with Crippen LogP contribution in [0.25, 0.3) is 11.0 Å². The van der Waals surface area contributed by atoms with Gasteiger partial charge >= 0.3 is 0 Å². The SMILES string of the molecule is COCCN(C(=O)c1cc2ccccc2o1)[C@H]1CCS(=O)(=O)C1. The summed E-state index contributed by atoms with van der Waals surface area (Å²) >= 11 is 0. The number of furan rings is 1. The Labute approximate surface area is 134 Å². The number of nitrogens with zero attached hydrogens (tertiary/aromatic N) is 1. The third kappa shape index (κ3) is 3.40. The number of sulfone groups is 1. The van der Waals surface area contributed by atoms with Crippen LogP contribution in [0.2, 0.25) is 0 Å². The monoisotopic (exact) mass is 337 g/mol. The van der Waals surface area contributed by atoms with E-state index in [0.717, 1.165) is 5.39 Å². The van der Waals surface area contributed by atoms with Crippen LogP contribution < -0.4 is 0 Å². The molecule has 2 aromatic rings. The second-order valence-corrected chi connectivity index (χ2v) is 7.93. The number of fused-ring (bicyclic) bond motifs is 1. The molecule has 0 aliphatic carbocycles. The van der Waals surface area contributed by atoms with Gasteiger partial charge in [-0.15, -0.1) is 0 Å². The molecule has 6 nitrogen and oxygen atoms in total. The van der Waals surface area contributed by atoms with E-state index in [9.17, 15) is 13.2 Å². The number of carbonyl (C=O) groups is 1. The summed E-state index contributed by atoms with van der Waals surface area (Å²) in [5.41, 5.74) is 0.640. The number of amides is 1. The summed E-state index contributed by atoms with van der Waals surface area (Å²) in [4.78, 5) is 14.4. The Bertz CT molecular complexity index is 778. The number of hydrogen-bond acceptors (Lipinski definition) is 5. The molecule has 1 aromatic carbocycles. The Morgan fingerprint density at radius 3 is 2.83 bits per heavy atom. The van der Waals surface area contributed by atoms with Crippen LogP contribution in [0.15, 0.2) is 34.7 Å². The van der Waals surface area contributed by atoms with Crippen LogP contribution in [0, 0.1) is 0 Å². The second-order valence-electron chi connectivity index (χ2n) is 5.70. The number of hydrogen-bond donors (Lipinski definition) is 0. The van der Waals surface area contributed by atoms with Crippen LogP contribution in [0.3, 0.4) is 0 Å². The molecule has 0 radical (unpaired) electrons. The molecule has 3 rings (SSSR count). The molecular formula is C16H19NO5S. The molecule has 1 atom stereocenters. The summed E-state index contributed by atoms with van der Waals surface area (Å²) in [6.07, 6.45) is 0.456. The quantitative estimate of drug-likeness (QED) is 0.830. The maximum atomic E-state index is 12.8. The Morgan fingerprint density at radius 1 is 1.39 bits per heavy atom. The van der Waals surface area contributed by atoms with Crippen molar-refractivity contribution in [1.82, 2.24) is 4.90 Å². The van der Waals surface area contributed by atoms with Gasteiger partial charge in [0, 0.05) is 25.1 Å². The van der Waals surface area contributed by atoms with Gasteiger partial charge in [0.15, 0.2) is 15.6 Å². The lowest BCUT2D eigenvalue weighted by atomic mass is 10.2. The van der Waals surface area contributed by atoms with Crippen molar-refractivity contribution in [3.05, 3.63) is 36.1 Å². The molecule has 0 saturated carbocycles. The van der Waals surface area contributed by atoms with Crippen LogP contribution in [0.1, 0.15) is 17.0 Å². The van der Waals surface area contributed by atoms with E-state index in [1.807, 2.05) is 18.2 Å². The molecule has 0 N–H and O–H groups in total. The average molecular weight is 337 g/mol. The van der Waals surface area contributed by atoms with E-state index < -0.39 is 9.84 Å². The lowest BCUT2D eigenvalue weighted by molar-refractivity contribution is 0.0595. The van der Waals surface area contributed by atoms with Crippen molar-refractivity contribution in [3.8, 4) is 0 Å². The molecule has 7 heteroatoms.